The first kappa shape index (κ1) is 25.3. The Morgan fingerprint density at radius 2 is 1.47 bits per heavy atom. The minimum absolute atomic E-state index is 0.388. The molecule has 1 fully saturated rings. The SMILES string of the molecule is COc1cccc(CNc2nc(NCc3ccc(N(C)C)cc3)nc(NC3CCCCC3)n2)c1OC. The summed E-state index contributed by atoms with van der Waals surface area (Å²) in [6.07, 6.45) is 6.03. The Hall–Kier alpha value is -3.75. The highest BCUT2D eigenvalue weighted by atomic mass is 16.5. The summed E-state index contributed by atoms with van der Waals surface area (Å²) in [5.74, 6) is 3.00. The van der Waals surface area contributed by atoms with Crippen molar-refractivity contribution in [2.45, 2.75) is 51.2 Å². The summed E-state index contributed by atoms with van der Waals surface area (Å²) in [7, 11) is 7.35. The Kier molecular flexibility index (Phi) is 8.65. The number of methoxy groups -OCH3 is 2. The maximum absolute atomic E-state index is 5.57. The predicted octanol–water partition coefficient (Wildman–Crippen LogP) is 4.92. The standard InChI is InChI=1S/C27H37N7O2/c1-34(2)22-15-13-19(14-16-22)17-28-25-31-26(33-27(32-25)30-21-10-6-5-7-11-21)29-18-20-9-8-12-23(35-3)24(20)36-4/h8-9,12-16,21H,5-7,10-11,17-18H2,1-4H3,(H3,28,29,30,31,32,33). The van der Waals surface area contributed by atoms with Gasteiger partial charge in [-0.2, -0.15) is 15.0 Å². The molecule has 0 radical (unpaired) electrons. The Balaban J connectivity index is 1.50. The number of hydrogen-bond acceptors (Lipinski definition) is 9. The molecule has 1 aliphatic carbocycles. The monoisotopic (exact) mass is 491 g/mol. The van der Waals surface area contributed by atoms with Gasteiger partial charge in [-0.05, 0) is 36.6 Å². The summed E-state index contributed by atoms with van der Waals surface area (Å²) in [4.78, 5) is 16.1. The molecule has 9 nitrogen and oxygen atoms in total. The lowest BCUT2D eigenvalue weighted by Gasteiger charge is -2.23. The van der Waals surface area contributed by atoms with E-state index in [1.807, 2.05) is 32.3 Å². The van der Waals surface area contributed by atoms with Gasteiger partial charge < -0.3 is 30.3 Å². The van der Waals surface area contributed by atoms with E-state index in [2.05, 4.69) is 60.1 Å². The average Bonchev–Trinajstić information content (AvgIpc) is 2.91. The fourth-order valence-electron chi connectivity index (χ4n) is 4.39. The van der Waals surface area contributed by atoms with Crippen LogP contribution in [0.25, 0.3) is 0 Å². The first-order chi connectivity index (χ1) is 17.6. The lowest BCUT2D eigenvalue weighted by Crippen LogP contribution is -2.24. The maximum atomic E-state index is 5.57. The van der Waals surface area contributed by atoms with Crippen molar-refractivity contribution in [2.75, 3.05) is 49.2 Å². The van der Waals surface area contributed by atoms with Crippen LogP contribution in [0.3, 0.4) is 0 Å². The van der Waals surface area contributed by atoms with Crippen LogP contribution in [0.15, 0.2) is 42.5 Å². The zero-order chi connectivity index (χ0) is 25.3. The van der Waals surface area contributed by atoms with Crippen molar-refractivity contribution in [1.82, 2.24) is 15.0 Å². The van der Waals surface area contributed by atoms with Crippen LogP contribution in [-0.4, -0.2) is 49.3 Å². The van der Waals surface area contributed by atoms with Crippen molar-refractivity contribution < 1.29 is 9.47 Å². The van der Waals surface area contributed by atoms with Crippen molar-refractivity contribution in [3.05, 3.63) is 53.6 Å². The second-order valence-electron chi connectivity index (χ2n) is 9.21. The summed E-state index contributed by atoms with van der Waals surface area (Å²) in [5, 5.41) is 10.2. The third-order valence-corrected chi connectivity index (χ3v) is 6.40. The lowest BCUT2D eigenvalue weighted by atomic mass is 9.96. The molecule has 3 N–H and O–H groups in total. The fourth-order valence-corrected chi connectivity index (χ4v) is 4.39. The van der Waals surface area contributed by atoms with Gasteiger partial charge in [-0.3, -0.25) is 0 Å². The summed E-state index contributed by atoms with van der Waals surface area (Å²) in [6, 6.07) is 14.6. The molecule has 192 valence electrons. The van der Waals surface area contributed by atoms with Gasteiger partial charge in [0.2, 0.25) is 17.8 Å². The molecule has 0 spiro atoms. The van der Waals surface area contributed by atoms with E-state index in [1.165, 1.54) is 19.3 Å². The molecule has 4 rings (SSSR count). The van der Waals surface area contributed by atoms with Crippen LogP contribution >= 0.6 is 0 Å². The van der Waals surface area contributed by atoms with Gasteiger partial charge in [0, 0.05) is 44.5 Å². The van der Waals surface area contributed by atoms with Crippen molar-refractivity contribution in [2.24, 2.45) is 0 Å². The highest BCUT2D eigenvalue weighted by Crippen LogP contribution is 2.31. The van der Waals surface area contributed by atoms with Gasteiger partial charge in [-0.25, -0.2) is 0 Å². The number of hydrogen-bond donors (Lipinski definition) is 3. The normalized spacial score (nSPS) is 13.7. The molecule has 1 aliphatic rings. The molecule has 0 saturated heterocycles. The van der Waals surface area contributed by atoms with Crippen molar-refractivity contribution in [3.8, 4) is 11.5 Å². The fraction of sp³-hybridized carbons (Fsp3) is 0.444. The summed E-state index contributed by atoms with van der Waals surface area (Å²) < 4.78 is 11.0. The molecule has 0 amide bonds. The van der Waals surface area contributed by atoms with Crippen LogP contribution < -0.4 is 30.3 Å². The van der Waals surface area contributed by atoms with Crippen LogP contribution in [0, 0.1) is 0 Å². The van der Waals surface area contributed by atoms with E-state index in [0.29, 0.717) is 48.5 Å². The van der Waals surface area contributed by atoms with E-state index in [1.54, 1.807) is 14.2 Å². The highest BCUT2D eigenvalue weighted by Gasteiger charge is 2.16. The van der Waals surface area contributed by atoms with E-state index < -0.39 is 0 Å². The third-order valence-electron chi connectivity index (χ3n) is 6.40. The first-order valence-electron chi connectivity index (χ1n) is 12.5. The number of benzene rings is 2. The second kappa shape index (κ2) is 12.3. The number of para-hydroxylation sites is 1. The number of ether oxygens (including phenoxy) is 2. The van der Waals surface area contributed by atoms with Gasteiger partial charge in [-0.15, -0.1) is 0 Å². The molecule has 9 heteroatoms. The number of rotatable bonds is 11. The van der Waals surface area contributed by atoms with Crippen LogP contribution in [-0.2, 0) is 13.1 Å². The van der Waals surface area contributed by atoms with E-state index >= 15 is 0 Å². The number of nitrogens with one attached hydrogen (secondary N) is 3. The average molecular weight is 492 g/mol. The van der Waals surface area contributed by atoms with E-state index in [9.17, 15) is 0 Å². The van der Waals surface area contributed by atoms with Crippen LogP contribution in [0.5, 0.6) is 11.5 Å². The molecule has 3 aromatic rings. The van der Waals surface area contributed by atoms with Gasteiger partial charge in [0.1, 0.15) is 0 Å². The van der Waals surface area contributed by atoms with Crippen LogP contribution in [0.4, 0.5) is 23.5 Å². The predicted molar refractivity (Wildman–Crippen MR) is 145 cm³/mol. The lowest BCUT2D eigenvalue weighted by molar-refractivity contribution is 0.352. The number of aromatic nitrogens is 3. The molecule has 36 heavy (non-hydrogen) atoms. The van der Waals surface area contributed by atoms with Gasteiger partial charge >= 0.3 is 0 Å². The first-order valence-corrected chi connectivity index (χ1v) is 12.5. The maximum Gasteiger partial charge on any atom is 0.229 e. The summed E-state index contributed by atoms with van der Waals surface area (Å²) in [6.45, 7) is 1.10. The molecule has 0 aliphatic heterocycles. The zero-order valence-corrected chi connectivity index (χ0v) is 21.7. The van der Waals surface area contributed by atoms with E-state index in [0.717, 1.165) is 29.7 Å². The van der Waals surface area contributed by atoms with Crippen molar-refractivity contribution >= 4 is 23.5 Å². The van der Waals surface area contributed by atoms with Crippen LogP contribution in [0.2, 0.25) is 0 Å². The van der Waals surface area contributed by atoms with Crippen molar-refractivity contribution in [1.29, 1.82) is 0 Å². The number of anilines is 4. The molecular formula is C27H37N7O2. The summed E-state index contributed by atoms with van der Waals surface area (Å²) in [5.41, 5.74) is 3.27. The van der Waals surface area contributed by atoms with Gasteiger partial charge in [-0.1, -0.05) is 43.5 Å². The molecule has 0 unspecified atom stereocenters. The molecule has 0 atom stereocenters. The molecule has 1 heterocycles. The molecule has 0 bridgehead atoms. The summed E-state index contributed by atoms with van der Waals surface area (Å²) >= 11 is 0. The zero-order valence-electron chi connectivity index (χ0n) is 21.7. The second-order valence-corrected chi connectivity index (χ2v) is 9.21. The minimum Gasteiger partial charge on any atom is -0.493 e. The van der Waals surface area contributed by atoms with Gasteiger partial charge in [0.05, 0.1) is 14.2 Å². The number of nitrogens with zero attached hydrogens (tertiary/aromatic N) is 4. The highest BCUT2D eigenvalue weighted by molar-refractivity contribution is 5.50. The quantitative estimate of drug-likeness (QED) is 0.345. The largest absolute Gasteiger partial charge is 0.493 e. The third kappa shape index (κ3) is 6.68. The van der Waals surface area contributed by atoms with E-state index in [-0.39, 0.29) is 0 Å². The van der Waals surface area contributed by atoms with Crippen LogP contribution in [0.1, 0.15) is 43.2 Å². The Labute approximate surface area is 213 Å². The Bertz CT molecular complexity index is 1120. The molecule has 2 aromatic carbocycles. The Morgan fingerprint density at radius 1 is 0.806 bits per heavy atom. The van der Waals surface area contributed by atoms with Gasteiger partial charge in [0.25, 0.3) is 0 Å². The smallest absolute Gasteiger partial charge is 0.229 e. The molecular weight excluding hydrogens is 454 g/mol. The molecule has 1 aromatic heterocycles. The van der Waals surface area contributed by atoms with Crippen molar-refractivity contribution in [3.63, 3.8) is 0 Å². The topological polar surface area (TPSA) is 96.5 Å². The minimum atomic E-state index is 0.388. The van der Waals surface area contributed by atoms with E-state index in [4.69, 9.17) is 9.47 Å². The van der Waals surface area contributed by atoms with Gasteiger partial charge in [0.15, 0.2) is 11.5 Å². The Morgan fingerprint density at radius 3 is 2.11 bits per heavy atom. The molecule has 1 saturated carbocycles.